The van der Waals surface area contributed by atoms with E-state index in [1.54, 1.807) is 13.8 Å². The van der Waals surface area contributed by atoms with Gasteiger partial charge in [0.15, 0.2) is 0 Å². The predicted octanol–water partition coefficient (Wildman–Crippen LogP) is 2.15. The lowest BCUT2D eigenvalue weighted by atomic mass is 9.99. The van der Waals surface area contributed by atoms with E-state index in [0.717, 1.165) is 19.3 Å². The van der Waals surface area contributed by atoms with Gasteiger partial charge >= 0.3 is 5.97 Å². The fourth-order valence-electron chi connectivity index (χ4n) is 1.61. The van der Waals surface area contributed by atoms with Gasteiger partial charge in [0.2, 0.25) is 5.79 Å². The maximum Gasteiger partial charge on any atom is 0.336 e. The maximum atomic E-state index is 11.2. The summed E-state index contributed by atoms with van der Waals surface area (Å²) in [4.78, 5) is 11.2. The van der Waals surface area contributed by atoms with Gasteiger partial charge in [0.25, 0.3) is 0 Å². The molecule has 1 rings (SSSR count). The smallest absolute Gasteiger partial charge is 0.336 e. The van der Waals surface area contributed by atoms with Gasteiger partial charge in [-0.2, -0.15) is 0 Å². The Morgan fingerprint density at radius 2 is 2.00 bits per heavy atom. The van der Waals surface area contributed by atoms with Crippen molar-refractivity contribution < 1.29 is 14.6 Å². The first kappa shape index (κ1) is 11.2. The molecule has 0 amide bonds. The van der Waals surface area contributed by atoms with Crippen LogP contribution in [-0.4, -0.2) is 16.9 Å². The SMILES string of the molecule is CCCCCC1(O)OC(=O)C(C)=C1C. The molecule has 1 unspecified atom stereocenters. The first-order valence-electron chi connectivity index (χ1n) is 5.15. The van der Waals surface area contributed by atoms with Gasteiger partial charge in [-0.25, -0.2) is 4.79 Å². The van der Waals surface area contributed by atoms with Crippen LogP contribution in [0.2, 0.25) is 0 Å². The summed E-state index contributed by atoms with van der Waals surface area (Å²) in [7, 11) is 0. The molecule has 0 saturated carbocycles. The number of cyclic esters (lactones) is 1. The van der Waals surface area contributed by atoms with Crippen LogP contribution in [0.5, 0.6) is 0 Å². The molecule has 1 heterocycles. The third-order valence-corrected chi connectivity index (χ3v) is 2.84. The number of hydrogen-bond acceptors (Lipinski definition) is 3. The Hall–Kier alpha value is -0.830. The molecule has 0 spiro atoms. The second kappa shape index (κ2) is 4.13. The van der Waals surface area contributed by atoms with Gasteiger partial charge in [-0.05, 0) is 20.3 Å². The molecule has 0 aromatic heterocycles. The number of carbonyl (C=O) groups excluding carboxylic acids is 1. The minimum Gasteiger partial charge on any atom is -0.426 e. The van der Waals surface area contributed by atoms with Crippen LogP contribution < -0.4 is 0 Å². The summed E-state index contributed by atoms with van der Waals surface area (Å²) in [6.07, 6.45) is 3.53. The fraction of sp³-hybridized carbons (Fsp3) is 0.727. The Bertz CT molecular complexity index is 268. The van der Waals surface area contributed by atoms with Crippen molar-refractivity contribution in [1.82, 2.24) is 0 Å². The van der Waals surface area contributed by atoms with Crippen molar-refractivity contribution in [1.29, 1.82) is 0 Å². The molecule has 0 radical (unpaired) electrons. The molecule has 1 aliphatic rings. The van der Waals surface area contributed by atoms with Crippen LogP contribution in [-0.2, 0) is 9.53 Å². The fourth-order valence-corrected chi connectivity index (χ4v) is 1.61. The van der Waals surface area contributed by atoms with Gasteiger partial charge in [-0.1, -0.05) is 19.8 Å². The zero-order chi connectivity index (χ0) is 10.8. The number of carbonyl (C=O) groups is 1. The lowest BCUT2D eigenvalue weighted by molar-refractivity contribution is -0.183. The minimum atomic E-state index is -1.32. The summed E-state index contributed by atoms with van der Waals surface area (Å²) < 4.78 is 4.96. The molecular formula is C11H18O3. The van der Waals surface area contributed by atoms with E-state index in [9.17, 15) is 9.90 Å². The van der Waals surface area contributed by atoms with Gasteiger partial charge in [-0.3, -0.25) is 0 Å². The van der Waals surface area contributed by atoms with E-state index in [4.69, 9.17) is 4.74 Å². The van der Waals surface area contributed by atoms with E-state index in [0.29, 0.717) is 17.6 Å². The summed E-state index contributed by atoms with van der Waals surface area (Å²) in [6.45, 7) is 5.54. The van der Waals surface area contributed by atoms with E-state index >= 15 is 0 Å². The number of rotatable bonds is 4. The summed E-state index contributed by atoms with van der Waals surface area (Å²) in [6, 6.07) is 0. The van der Waals surface area contributed by atoms with Gasteiger partial charge in [0, 0.05) is 17.6 Å². The lowest BCUT2D eigenvalue weighted by Gasteiger charge is -2.22. The van der Waals surface area contributed by atoms with E-state index in [1.807, 2.05) is 0 Å². The van der Waals surface area contributed by atoms with Crippen LogP contribution in [0, 0.1) is 0 Å². The van der Waals surface area contributed by atoms with Crippen LogP contribution in [0.4, 0.5) is 0 Å². The van der Waals surface area contributed by atoms with Crippen molar-refractivity contribution in [2.24, 2.45) is 0 Å². The second-order valence-corrected chi connectivity index (χ2v) is 3.88. The molecule has 14 heavy (non-hydrogen) atoms. The third kappa shape index (κ3) is 1.98. The Morgan fingerprint density at radius 1 is 1.36 bits per heavy atom. The van der Waals surface area contributed by atoms with E-state index in [2.05, 4.69) is 6.92 Å². The Balaban J connectivity index is 2.63. The maximum absolute atomic E-state index is 11.2. The number of esters is 1. The zero-order valence-corrected chi connectivity index (χ0v) is 9.09. The number of unbranched alkanes of at least 4 members (excludes halogenated alkanes) is 2. The van der Waals surface area contributed by atoms with Gasteiger partial charge < -0.3 is 9.84 Å². The summed E-state index contributed by atoms with van der Waals surface area (Å²) in [5, 5.41) is 10.0. The predicted molar refractivity (Wildman–Crippen MR) is 53.6 cm³/mol. The topological polar surface area (TPSA) is 46.5 Å². The number of ether oxygens (including phenoxy) is 1. The summed E-state index contributed by atoms with van der Waals surface area (Å²) in [5.74, 6) is -1.71. The van der Waals surface area contributed by atoms with Crippen molar-refractivity contribution >= 4 is 5.97 Å². The molecule has 3 heteroatoms. The normalized spacial score (nSPS) is 27.0. The average Bonchev–Trinajstić information content (AvgIpc) is 2.32. The van der Waals surface area contributed by atoms with E-state index < -0.39 is 5.79 Å². The van der Waals surface area contributed by atoms with Gasteiger partial charge in [0.1, 0.15) is 0 Å². The van der Waals surface area contributed by atoms with Crippen LogP contribution >= 0.6 is 0 Å². The van der Waals surface area contributed by atoms with Crippen LogP contribution in [0.15, 0.2) is 11.1 Å². The Morgan fingerprint density at radius 3 is 2.43 bits per heavy atom. The lowest BCUT2D eigenvalue weighted by Crippen LogP contribution is -2.30. The quantitative estimate of drug-likeness (QED) is 0.556. The minimum absolute atomic E-state index is 0.388. The molecule has 1 aliphatic heterocycles. The molecule has 1 atom stereocenters. The van der Waals surface area contributed by atoms with Crippen molar-refractivity contribution in [2.75, 3.05) is 0 Å². The Labute approximate surface area is 84.8 Å². The first-order chi connectivity index (χ1) is 6.51. The molecule has 1 N–H and O–H groups in total. The second-order valence-electron chi connectivity index (χ2n) is 3.88. The first-order valence-corrected chi connectivity index (χ1v) is 5.15. The molecule has 0 aromatic rings. The average molecular weight is 198 g/mol. The molecule has 0 bridgehead atoms. The van der Waals surface area contributed by atoms with Crippen LogP contribution in [0.1, 0.15) is 46.5 Å². The van der Waals surface area contributed by atoms with Crippen molar-refractivity contribution in [3.05, 3.63) is 11.1 Å². The van der Waals surface area contributed by atoms with Crippen molar-refractivity contribution in [3.8, 4) is 0 Å². The van der Waals surface area contributed by atoms with Crippen LogP contribution in [0.3, 0.4) is 0 Å². The van der Waals surface area contributed by atoms with Crippen molar-refractivity contribution in [2.45, 2.75) is 52.2 Å². The standard InChI is InChI=1S/C11H18O3/c1-4-5-6-7-11(13)9(3)8(2)10(12)14-11/h13H,4-7H2,1-3H3. The zero-order valence-electron chi connectivity index (χ0n) is 9.09. The molecule has 0 aliphatic carbocycles. The number of hydrogen-bond donors (Lipinski definition) is 1. The third-order valence-electron chi connectivity index (χ3n) is 2.84. The highest BCUT2D eigenvalue weighted by atomic mass is 16.7. The molecule has 0 aromatic carbocycles. The van der Waals surface area contributed by atoms with Gasteiger partial charge in [-0.15, -0.1) is 0 Å². The number of aliphatic hydroxyl groups is 1. The van der Waals surface area contributed by atoms with E-state index in [1.165, 1.54) is 0 Å². The monoisotopic (exact) mass is 198 g/mol. The molecule has 3 nitrogen and oxygen atoms in total. The summed E-state index contributed by atoms with van der Waals surface area (Å²) >= 11 is 0. The largest absolute Gasteiger partial charge is 0.426 e. The molecule has 80 valence electrons. The highest BCUT2D eigenvalue weighted by Gasteiger charge is 2.41. The Kier molecular flexibility index (Phi) is 3.32. The molecule has 0 fully saturated rings. The van der Waals surface area contributed by atoms with E-state index in [-0.39, 0.29) is 5.97 Å². The van der Waals surface area contributed by atoms with Crippen molar-refractivity contribution in [3.63, 3.8) is 0 Å². The van der Waals surface area contributed by atoms with Gasteiger partial charge in [0.05, 0.1) is 0 Å². The molecular weight excluding hydrogens is 180 g/mol. The highest BCUT2D eigenvalue weighted by Crippen LogP contribution is 2.34. The van der Waals surface area contributed by atoms with Crippen LogP contribution in [0.25, 0.3) is 0 Å². The highest BCUT2D eigenvalue weighted by molar-refractivity contribution is 5.91. The molecule has 0 saturated heterocycles. The summed E-state index contributed by atoms with van der Waals surface area (Å²) in [5.41, 5.74) is 1.21.